The number of anilines is 1. The summed E-state index contributed by atoms with van der Waals surface area (Å²) in [6, 6.07) is 12.8. The van der Waals surface area contributed by atoms with Crippen LogP contribution in [0.2, 0.25) is 0 Å². The van der Waals surface area contributed by atoms with Gasteiger partial charge in [-0.2, -0.15) is 5.26 Å². The molecule has 1 amide bonds. The van der Waals surface area contributed by atoms with Gasteiger partial charge in [0.25, 0.3) is 5.91 Å². The van der Waals surface area contributed by atoms with Crippen LogP contribution in [0.4, 0.5) is 5.69 Å². The van der Waals surface area contributed by atoms with Crippen LogP contribution in [0.1, 0.15) is 21.6 Å². The Labute approximate surface area is 153 Å². The van der Waals surface area contributed by atoms with Gasteiger partial charge in [-0.1, -0.05) is 12.1 Å². The lowest BCUT2D eigenvalue weighted by atomic mass is 10.2. The number of nitrogens with zero attached hydrogens (tertiary/aromatic N) is 3. The summed E-state index contributed by atoms with van der Waals surface area (Å²) in [5.74, 6) is 0.342. The van der Waals surface area contributed by atoms with Crippen LogP contribution in [0, 0.1) is 18.3 Å². The Morgan fingerprint density at radius 1 is 1.28 bits per heavy atom. The number of hydrogen-bond acceptors (Lipinski definition) is 6. The Bertz CT molecular complexity index is 962. The molecule has 3 rings (SSSR count). The van der Waals surface area contributed by atoms with E-state index in [0.29, 0.717) is 33.4 Å². The number of aromatic nitrogens is 2. The van der Waals surface area contributed by atoms with Gasteiger partial charge in [0.2, 0.25) is 0 Å². The monoisotopic (exact) mass is 366 g/mol. The first-order chi connectivity index (χ1) is 12.1. The summed E-state index contributed by atoms with van der Waals surface area (Å²) in [4.78, 5) is 22.7. The zero-order valence-corrected chi connectivity index (χ0v) is 15.2. The van der Waals surface area contributed by atoms with Crippen LogP contribution < -0.4 is 5.32 Å². The number of carbonyl (C=O) groups is 1. The van der Waals surface area contributed by atoms with Crippen LogP contribution in [-0.2, 0) is 0 Å². The lowest BCUT2D eigenvalue weighted by Crippen LogP contribution is -2.17. The van der Waals surface area contributed by atoms with E-state index in [0.717, 1.165) is 4.88 Å². The molecular weight excluding hydrogens is 352 g/mol. The number of rotatable bonds is 4. The number of carbonyl (C=O) groups excluding carboxylic acids is 1. The Morgan fingerprint density at radius 3 is 2.80 bits per heavy atom. The number of nitrogens with one attached hydrogen (secondary N) is 1. The lowest BCUT2D eigenvalue weighted by Gasteiger charge is -2.12. The molecule has 0 aliphatic carbocycles. The molecule has 0 atom stereocenters. The first-order valence-corrected chi connectivity index (χ1v) is 9.51. The van der Waals surface area contributed by atoms with Crippen LogP contribution >= 0.6 is 23.1 Å². The van der Waals surface area contributed by atoms with Gasteiger partial charge in [-0.05, 0) is 42.8 Å². The van der Waals surface area contributed by atoms with Crippen LogP contribution in [0.15, 0.2) is 46.8 Å². The second-order valence-electron chi connectivity index (χ2n) is 5.14. The SMILES string of the molecule is CSc1nc(-c2cccs2)nc(C)c1C(=O)Nc1cccc(C#N)c1. The van der Waals surface area contributed by atoms with E-state index in [2.05, 4.69) is 21.4 Å². The fourth-order valence-corrected chi connectivity index (χ4v) is 3.61. The minimum atomic E-state index is -0.283. The number of thioether (sulfide) groups is 1. The number of aryl methyl sites for hydroxylation is 1. The standard InChI is InChI=1S/C18H14N4OS2/c1-11-15(17(23)21-13-6-3-5-12(9-13)10-19)18(24-2)22-16(20-11)14-7-4-8-25-14/h3-9H,1-2H3,(H,21,23). The third kappa shape index (κ3) is 3.71. The van der Waals surface area contributed by atoms with Gasteiger partial charge in [-0.15, -0.1) is 23.1 Å². The maximum absolute atomic E-state index is 12.7. The van der Waals surface area contributed by atoms with Gasteiger partial charge in [0.1, 0.15) is 5.03 Å². The Hall–Kier alpha value is -2.69. The molecule has 2 aromatic heterocycles. The highest BCUT2D eigenvalue weighted by molar-refractivity contribution is 7.98. The number of amides is 1. The molecule has 0 saturated heterocycles. The van der Waals surface area contributed by atoms with Gasteiger partial charge < -0.3 is 5.32 Å². The molecule has 1 aromatic carbocycles. The van der Waals surface area contributed by atoms with Crippen molar-refractivity contribution in [3.05, 3.63) is 58.6 Å². The van der Waals surface area contributed by atoms with Gasteiger partial charge in [0, 0.05) is 5.69 Å². The quantitative estimate of drug-likeness (QED) is 0.548. The van der Waals surface area contributed by atoms with Crippen molar-refractivity contribution >= 4 is 34.7 Å². The van der Waals surface area contributed by atoms with Crippen molar-refractivity contribution in [1.29, 1.82) is 5.26 Å². The molecule has 0 aliphatic rings. The van der Waals surface area contributed by atoms with E-state index in [9.17, 15) is 4.79 Å². The highest BCUT2D eigenvalue weighted by Crippen LogP contribution is 2.27. The Balaban J connectivity index is 1.95. The van der Waals surface area contributed by atoms with Crippen molar-refractivity contribution in [2.75, 3.05) is 11.6 Å². The smallest absolute Gasteiger partial charge is 0.260 e. The molecule has 124 valence electrons. The summed E-state index contributed by atoms with van der Waals surface area (Å²) >= 11 is 2.97. The fourth-order valence-electron chi connectivity index (χ4n) is 2.33. The van der Waals surface area contributed by atoms with Crippen LogP contribution in [0.5, 0.6) is 0 Å². The average molecular weight is 366 g/mol. The van der Waals surface area contributed by atoms with E-state index in [-0.39, 0.29) is 5.91 Å². The number of benzene rings is 1. The highest BCUT2D eigenvalue weighted by atomic mass is 32.2. The fraction of sp³-hybridized carbons (Fsp3) is 0.111. The molecule has 5 nitrogen and oxygen atoms in total. The number of thiophene rings is 1. The van der Waals surface area contributed by atoms with Crippen LogP contribution in [0.3, 0.4) is 0 Å². The third-order valence-electron chi connectivity index (χ3n) is 3.47. The topological polar surface area (TPSA) is 78.7 Å². The van der Waals surface area contributed by atoms with Crippen molar-refractivity contribution in [1.82, 2.24) is 9.97 Å². The molecule has 25 heavy (non-hydrogen) atoms. The zero-order valence-electron chi connectivity index (χ0n) is 13.6. The third-order valence-corrected chi connectivity index (χ3v) is 5.02. The first-order valence-electron chi connectivity index (χ1n) is 7.40. The molecule has 0 bridgehead atoms. The van der Waals surface area contributed by atoms with Gasteiger partial charge in [0.05, 0.1) is 27.8 Å². The predicted molar refractivity (Wildman–Crippen MR) is 101 cm³/mol. The normalized spacial score (nSPS) is 10.3. The Morgan fingerprint density at radius 2 is 2.12 bits per heavy atom. The van der Waals surface area contributed by atoms with Crippen molar-refractivity contribution < 1.29 is 4.79 Å². The second kappa shape index (κ2) is 7.47. The summed E-state index contributed by atoms with van der Waals surface area (Å²) in [7, 11) is 0. The molecule has 2 heterocycles. The zero-order chi connectivity index (χ0) is 17.8. The molecule has 0 aliphatic heterocycles. The van der Waals surface area contributed by atoms with Crippen LogP contribution in [0.25, 0.3) is 10.7 Å². The van der Waals surface area contributed by atoms with Crippen molar-refractivity contribution in [2.45, 2.75) is 11.9 Å². The molecular formula is C18H14N4OS2. The molecule has 0 saturated carbocycles. The summed E-state index contributed by atoms with van der Waals surface area (Å²) in [5.41, 5.74) is 2.13. The molecule has 7 heteroatoms. The summed E-state index contributed by atoms with van der Waals surface area (Å²) in [5, 5.41) is 14.4. The minimum absolute atomic E-state index is 0.283. The van der Waals surface area contributed by atoms with Crippen LogP contribution in [-0.4, -0.2) is 22.1 Å². The van der Waals surface area contributed by atoms with Gasteiger partial charge in [-0.3, -0.25) is 4.79 Å². The molecule has 3 aromatic rings. The van der Waals surface area contributed by atoms with Gasteiger partial charge in [0.15, 0.2) is 5.82 Å². The van der Waals surface area contributed by atoms with E-state index < -0.39 is 0 Å². The largest absolute Gasteiger partial charge is 0.322 e. The van der Waals surface area contributed by atoms with E-state index in [1.165, 1.54) is 11.8 Å². The minimum Gasteiger partial charge on any atom is -0.322 e. The highest BCUT2D eigenvalue weighted by Gasteiger charge is 2.19. The maximum atomic E-state index is 12.7. The summed E-state index contributed by atoms with van der Waals surface area (Å²) in [6.45, 7) is 1.80. The van der Waals surface area contributed by atoms with Crippen molar-refractivity contribution in [2.24, 2.45) is 0 Å². The molecule has 0 spiro atoms. The molecule has 0 unspecified atom stereocenters. The van der Waals surface area contributed by atoms with Gasteiger partial charge in [-0.25, -0.2) is 9.97 Å². The predicted octanol–water partition coefficient (Wildman–Crippen LogP) is 4.36. The Kier molecular flexibility index (Phi) is 5.12. The summed E-state index contributed by atoms with van der Waals surface area (Å²) in [6.07, 6.45) is 1.88. The van der Waals surface area contributed by atoms with Crippen molar-refractivity contribution in [3.8, 4) is 16.8 Å². The number of hydrogen-bond donors (Lipinski definition) is 1. The van der Waals surface area contributed by atoms with E-state index in [1.807, 2.05) is 23.8 Å². The van der Waals surface area contributed by atoms with Crippen molar-refractivity contribution in [3.63, 3.8) is 0 Å². The van der Waals surface area contributed by atoms with Gasteiger partial charge >= 0.3 is 0 Å². The average Bonchev–Trinajstić information content (AvgIpc) is 3.15. The van der Waals surface area contributed by atoms with E-state index in [1.54, 1.807) is 42.5 Å². The second-order valence-corrected chi connectivity index (χ2v) is 6.88. The van der Waals surface area contributed by atoms with E-state index in [4.69, 9.17) is 5.26 Å². The molecule has 0 fully saturated rings. The summed E-state index contributed by atoms with van der Waals surface area (Å²) < 4.78 is 0. The lowest BCUT2D eigenvalue weighted by molar-refractivity contribution is 0.102. The number of nitriles is 1. The molecule has 0 radical (unpaired) electrons. The first kappa shape index (κ1) is 17.1. The van der Waals surface area contributed by atoms with E-state index >= 15 is 0 Å². The maximum Gasteiger partial charge on any atom is 0.260 e. The molecule has 1 N–H and O–H groups in total.